The summed E-state index contributed by atoms with van der Waals surface area (Å²) in [6, 6.07) is 5.98. The monoisotopic (exact) mass is 426 g/mol. The van der Waals surface area contributed by atoms with Crippen LogP contribution in [0.4, 0.5) is 0 Å². The van der Waals surface area contributed by atoms with E-state index in [2.05, 4.69) is 66.1 Å². The van der Waals surface area contributed by atoms with Crippen LogP contribution in [0.25, 0.3) is 10.9 Å². The highest BCUT2D eigenvalue weighted by molar-refractivity contribution is 5.83. The van der Waals surface area contributed by atoms with Gasteiger partial charge in [-0.15, -0.1) is 5.10 Å². The largest absolute Gasteiger partial charge is 0.395 e. The number of hydrogen-bond acceptors (Lipinski definition) is 6. The van der Waals surface area contributed by atoms with E-state index in [-0.39, 0.29) is 23.7 Å². The van der Waals surface area contributed by atoms with E-state index in [1.54, 1.807) is 0 Å². The highest BCUT2D eigenvalue weighted by Crippen LogP contribution is 2.28. The molecule has 31 heavy (non-hydrogen) atoms. The number of fused-ring (bicyclic) bond motifs is 1. The third-order valence-corrected chi connectivity index (χ3v) is 5.58. The number of benzene rings is 1. The molecule has 0 aliphatic heterocycles. The van der Waals surface area contributed by atoms with Gasteiger partial charge in [-0.2, -0.15) is 0 Å². The minimum atomic E-state index is -0.273. The summed E-state index contributed by atoms with van der Waals surface area (Å²) in [5.41, 5.74) is 3.39. The summed E-state index contributed by atoms with van der Waals surface area (Å²) in [6.07, 6.45) is 1.75. The lowest BCUT2D eigenvalue weighted by Gasteiger charge is -2.32. The third kappa shape index (κ3) is 5.02. The SMILES string of the molecule is CCC[C@H](c1nnnn1C(C)(C)C)N(CCO)Cc1cc2c(C)cc(C)cc2[nH]c1=O. The van der Waals surface area contributed by atoms with E-state index in [9.17, 15) is 9.90 Å². The summed E-state index contributed by atoms with van der Waals surface area (Å²) in [5, 5.41) is 23.3. The lowest BCUT2D eigenvalue weighted by molar-refractivity contribution is 0.123. The van der Waals surface area contributed by atoms with Crippen LogP contribution in [0.5, 0.6) is 0 Å². The van der Waals surface area contributed by atoms with Crippen LogP contribution >= 0.6 is 0 Å². The second kappa shape index (κ2) is 9.28. The van der Waals surface area contributed by atoms with Crippen LogP contribution in [0.2, 0.25) is 0 Å². The number of pyridine rings is 1. The molecule has 0 saturated carbocycles. The molecular formula is C23H34N6O2. The van der Waals surface area contributed by atoms with Gasteiger partial charge in [-0.25, -0.2) is 4.68 Å². The Kier molecular flexibility index (Phi) is 6.91. The summed E-state index contributed by atoms with van der Waals surface area (Å²) >= 11 is 0. The summed E-state index contributed by atoms with van der Waals surface area (Å²) in [4.78, 5) is 18.0. The second-order valence-electron chi connectivity index (χ2n) is 9.29. The maximum absolute atomic E-state index is 12.9. The van der Waals surface area contributed by atoms with Crippen molar-refractivity contribution >= 4 is 10.9 Å². The number of aliphatic hydroxyl groups excluding tert-OH is 1. The number of aromatic amines is 1. The highest BCUT2D eigenvalue weighted by atomic mass is 16.3. The minimum absolute atomic E-state index is 0.0129. The molecule has 0 unspecified atom stereocenters. The van der Waals surface area contributed by atoms with Crippen molar-refractivity contribution in [3.8, 4) is 0 Å². The number of nitrogens with zero attached hydrogens (tertiary/aromatic N) is 5. The number of hydrogen-bond donors (Lipinski definition) is 2. The second-order valence-corrected chi connectivity index (χ2v) is 9.29. The van der Waals surface area contributed by atoms with Crippen molar-refractivity contribution in [2.45, 2.75) is 72.5 Å². The Balaban J connectivity index is 2.04. The summed E-state index contributed by atoms with van der Waals surface area (Å²) in [5.74, 6) is 0.756. The topological polar surface area (TPSA) is 99.9 Å². The van der Waals surface area contributed by atoms with Crippen molar-refractivity contribution < 1.29 is 5.11 Å². The predicted molar refractivity (Wildman–Crippen MR) is 122 cm³/mol. The molecule has 3 aromatic rings. The van der Waals surface area contributed by atoms with Gasteiger partial charge in [-0.3, -0.25) is 9.69 Å². The Labute approximate surface area is 183 Å². The molecule has 0 bridgehead atoms. The van der Waals surface area contributed by atoms with E-state index in [0.717, 1.165) is 40.7 Å². The average molecular weight is 427 g/mol. The number of aromatic nitrogens is 5. The van der Waals surface area contributed by atoms with Crippen molar-refractivity contribution in [2.75, 3.05) is 13.2 Å². The Morgan fingerprint density at radius 3 is 2.61 bits per heavy atom. The van der Waals surface area contributed by atoms with Gasteiger partial charge in [-0.1, -0.05) is 19.4 Å². The molecule has 0 saturated heterocycles. The van der Waals surface area contributed by atoms with Crippen LogP contribution in [-0.2, 0) is 12.1 Å². The van der Waals surface area contributed by atoms with Crippen LogP contribution in [0.3, 0.4) is 0 Å². The highest BCUT2D eigenvalue weighted by Gasteiger charge is 2.30. The van der Waals surface area contributed by atoms with Gasteiger partial charge in [0.25, 0.3) is 5.56 Å². The van der Waals surface area contributed by atoms with Gasteiger partial charge in [0, 0.05) is 29.6 Å². The van der Waals surface area contributed by atoms with Gasteiger partial charge in [-0.05, 0) is 74.7 Å². The maximum Gasteiger partial charge on any atom is 0.252 e. The van der Waals surface area contributed by atoms with Crippen molar-refractivity contribution in [3.63, 3.8) is 0 Å². The number of aryl methyl sites for hydroxylation is 2. The number of aliphatic hydroxyl groups is 1. The van der Waals surface area contributed by atoms with Crippen molar-refractivity contribution in [2.24, 2.45) is 0 Å². The van der Waals surface area contributed by atoms with E-state index in [0.29, 0.717) is 18.7 Å². The van der Waals surface area contributed by atoms with Crippen molar-refractivity contribution in [1.82, 2.24) is 30.1 Å². The zero-order valence-corrected chi connectivity index (χ0v) is 19.4. The molecule has 2 heterocycles. The average Bonchev–Trinajstić information content (AvgIpc) is 3.16. The van der Waals surface area contributed by atoms with Gasteiger partial charge >= 0.3 is 0 Å². The lowest BCUT2D eigenvalue weighted by atomic mass is 10.0. The Morgan fingerprint density at radius 1 is 1.23 bits per heavy atom. The molecular weight excluding hydrogens is 392 g/mol. The van der Waals surface area contributed by atoms with Crippen LogP contribution < -0.4 is 5.56 Å². The first-order valence-corrected chi connectivity index (χ1v) is 10.9. The van der Waals surface area contributed by atoms with E-state index < -0.39 is 0 Å². The quantitative estimate of drug-likeness (QED) is 0.574. The van der Waals surface area contributed by atoms with E-state index in [4.69, 9.17) is 0 Å². The molecule has 2 aromatic heterocycles. The van der Waals surface area contributed by atoms with Gasteiger partial charge in [0.15, 0.2) is 5.82 Å². The van der Waals surface area contributed by atoms with Gasteiger partial charge in [0.2, 0.25) is 0 Å². The summed E-state index contributed by atoms with van der Waals surface area (Å²) in [7, 11) is 0. The first-order chi connectivity index (χ1) is 14.7. The van der Waals surface area contributed by atoms with E-state index in [1.807, 2.05) is 23.7 Å². The number of nitrogens with one attached hydrogen (secondary N) is 1. The summed E-state index contributed by atoms with van der Waals surface area (Å²) < 4.78 is 1.84. The lowest BCUT2D eigenvalue weighted by Crippen LogP contribution is -2.37. The Morgan fingerprint density at radius 2 is 1.97 bits per heavy atom. The Bertz CT molecular complexity index is 1100. The molecule has 8 heteroatoms. The fraction of sp³-hybridized carbons (Fsp3) is 0.565. The minimum Gasteiger partial charge on any atom is -0.395 e. The van der Waals surface area contributed by atoms with Gasteiger partial charge < -0.3 is 10.1 Å². The van der Waals surface area contributed by atoms with E-state index >= 15 is 0 Å². The van der Waals surface area contributed by atoms with Crippen LogP contribution in [0.1, 0.15) is 69.1 Å². The molecule has 0 fully saturated rings. The molecule has 1 atom stereocenters. The zero-order valence-electron chi connectivity index (χ0n) is 19.4. The van der Waals surface area contributed by atoms with Crippen LogP contribution in [0.15, 0.2) is 23.0 Å². The Hall–Kier alpha value is -2.58. The molecule has 0 aliphatic rings. The maximum atomic E-state index is 12.9. The third-order valence-electron chi connectivity index (χ3n) is 5.58. The van der Waals surface area contributed by atoms with Crippen LogP contribution in [-0.4, -0.2) is 48.3 Å². The van der Waals surface area contributed by atoms with Crippen molar-refractivity contribution in [3.05, 3.63) is 51.1 Å². The molecule has 1 aromatic carbocycles. The number of H-pyrrole nitrogens is 1. The summed E-state index contributed by atoms with van der Waals surface area (Å²) in [6.45, 7) is 13.2. The first kappa shape index (κ1) is 23.1. The predicted octanol–water partition coefficient (Wildman–Crippen LogP) is 3.22. The van der Waals surface area contributed by atoms with Gasteiger partial charge in [0.05, 0.1) is 18.2 Å². The van der Waals surface area contributed by atoms with Crippen molar-refractivity contribution in [1.29, 1.82) is 0 Å². The van der Waals surface area contributed by atoms with Crippen LogP contribution in [0, 0.1) is 13.8 Å². The molecule has 168 valence electrons. The molecule has 0 spiro atoms. The fourth-order valence-corrected chi connectivity index (χ4v) is 4.15. The van der Waals surface area contributed by atoms with E-state index in [1.165, 1.54) is 0 Å². The molecule has 0 radical (unpaired) electrons. The first-order valence-electron chi connectivity index (χ1n) is 10.9. The fourth-order valence-electron chi connectivity index (χ4n) is 4.15. The molecule has 0 amide bonds. The van der Waals surface area contributed by atoms with Gasteiger partial charge in [0.1, 0.15) is 0 Å². The number of tetrazole rings is 1. The smallest absolute Gasteiger partial charge is 0.252 e. The molecule has 0 aliphatic carbocycles. The molecule has 8 nitrogen and oxygen atoms in total. The number of rotatable bonds is 8. The molecule has 2 N–H and O–H groups in total. The zero-order chi connectivity index (χ0) is 22.8. The normalized spacial score (nSPS) is 13.3. The molecule has 3 rings (SSSR count). The standard InChI is InChI=1S/C23H34N6O2/c1-7-8-20(21-25-26-27-29(21)23(4,5)6)28(9-10-30)14-17-13-18-16(3)11-15(2)12-19(18)24-22(17)31/h11-13,20,30H,7-10,14H2,1-6H3,(H,24,31)/t20-/m1/s1.